The summed E-state index contributed by atoms with van der Waals surface area (Å²) in [7, 11) is 0. The van der Waals surface area contributed by atoms with Gasteiger partial charge in [-0.3, -0.25) is 5.41 Å². The molecule has 0 aromatic heterocycles. The summed E-state index contributed by atoms with van der Waals surface area (Å²) in [5, 5.41) is 20.2. The molecule has 0 radical (unpaired) electrons. The van der Waals surface area contributed by atoms with E-state index in [2.05, 4.69) is 28.5 Å². The number of nitrogens with one attached hydrogen (secondary N) is 2. The average Bonchev–Trinajstić information content (AvgIpc) is 2.65. The van der Waals surface area contributed by atoms with Crippen LogP contribution in [0.15, 0.2) is 33.3 Å². The highest BCUT2D eigenvalue weighted by Crippen LogP contribution is 2.39. The molecule has 0 spiro atoms. The summed E-state index contributed by atoms with van der Waals surface area (Å²) in [5.41, 5.74) is 1.13. The lowest BCUT2D eigenvalue weighted by Gasteiger charge is -2.21. The molecule has 0 bridgehead atoms. The Balaban J connectivity index is 1.64. The van der Waals surface area contributed by atoms with Gasteiger partial charge in [-0.15, -0.1) is 16.9 Å². The molecule has 0 saturated heterocycles. The van der Waals surface area contributed by atoms with Crippen LogP contribution in [-0.2, 0) is 0 Å². The highest BCUT2D eigenvalue weighted by Gasteiger charge is 2.20. The van der Waals surface area contributed by atoms with Crippen molar-refractivity contribution in [1.29, 1.82) is 5.41 Å². The zero-order valence-electron chi connectivity index (χ0n) is 15.8. The Morgan fingerprint density at radius 3 is 2.69 bits per heavy atom. The van der Waals surface area contributed by atoms with Crippen LogP contribution in [0.4, 0.5) is 0 Å². The van der Waals surface area contributed by atoms with Gasteiger partial charge >= 0.3 is 0 Å². The molecule has 6 heteroatoms. The fourth-order valence-corrected chi connectivity index (χ4v) is 4.36. The maximum Gasteiger partial charge on any atom is 0.234 e. The second-order valence-electron chi connectivity index (χ2n) is 6.80. The summed E-state index contributed by atoms with van der Waals surface area (Å²) >= 11 is 7.95. The van der Waals surface area contributed by atoms with Crippen molar-refractivity contribution in [3.05, 3.63) is 28.8 Å². The molecule has 1 aromatic carbocycles. The summed E-state index contributed by atoms with van der Waals surface area (Å²) < 4.78 is 0. The molecule has 1 unspecified atom stereocenters. The summed E-state index contributed by atoms with van der Waals surface area (Å²) in [6, 6.07) is 5.95. The summed E-state index contributed by atoms with van der Waals surface area (Å²) in [5.74, 6) is 1.19. The highest BCUT2D eigenvalue weighted by molar-refractivity contribution is 7.99. The largest absolute Gasteiger partial charge is 0.353 e. The fourth-order valence-electron chi connectivity index (χ4n) is 3.10. The number of benzene rings is 1. The van der Waals surface area contributed by atoms with Gasteiger partial charge in [-0.05, 0) is 36.6 Å². The SMILES string of the molecule is CCCCCCCCCCNC(=N)N=NC1CCSc2ccc(Cl)cc21. The fraction of sp³-hybridized carbons (Fsp3) is 0.650. The van der Waals surface area contributed by atoms with Crippen LogP contribution in [0.2, 0.25) is 5.02 Å². The van der Waals surface area contributed by atoms with E-state index in [1.165, 1.54) is 49.8 Å². The van der Waals surface area contributed by atoms with Gasteiger partial charge in [-0.1, -0.05) is 63.5 Å². The normalized spacial score (nSPS) is 16.6. The molecule has 1 aromatic rings. The van der Waals surface area contributed by atoms with Gasteiger partial charge in [0.05, 0.1) is 6.04 Å². The molecule has 1 atom stereocenters. The Bertz CT molecular complexity index is 591. The minimum absolute atomic E-state index is 0.00946. The van der Waals surface area contributed by atoms with Crippen LogP contribution < -0.4 is 5.32 Å². The zero-order chi connectivity index (χ0) is 18.6. The molecule has 144 valence electrons. The summed E-state index contributed by atoms with van der Waals surface area (Å²) in [6.45, 7) is 3.05. The van der Waals surface area contributed by atoms with Crippen molar-refractivity contribution in [2.45, 2.75) is 75.6 Å². The number of guanidine groups is 1. The van der Waals surface area contributed by atoms with Crippen LogP contribution in [0.25, 0.3) is 0 Å². The van der Waals surface area contributed by atoms with Gasteiger partial charge in [0.25, 0.3) is 0 Å². The zero-order valence-corrected chi connectivity index (χ0v) is 17.3. The second kappa shape index (κ2) is 12.3. The van der Waals surface area contributed by atoms with Crippen LogP contribution in [0.1, 0.15) is 76.3 Å². The Hall–Kier alpha value is -1.07. The Morgan fingerprint density at radius 1 is 1.19 bits per heavy atom. The van der Waals surface area contributed by atoms with Gasteiger partial charge in [-0.25, -0.2) is 0 Å². The quantitative estimate of drug-likeness (QED) is 0.194. The van der Waals surface area contributed by atoms with Gasteiger partial charge in [0.1, 0.15) is 0 Å². The number of thioether (sulfide) groups is 1. The van der Waals surface area contributed by atoms with E-state index >= 15 is 0 Å². The Labute approximate surface area is 167 Å². The molecule has 0 amide bonds. The van der Waals surface area contributed by atoms with Crippen molar-refractivity contribution in [2.24, 2.45) is 10.2 Å². The molecule has 2 N–H and O–H groups in total. The van der Waals surface area contributed by atoms with Crippen molar-refractivity contribution in [2.75, 3.05) is 12.3 Å². The predicted molar refractivity (Wildman–Crippen MR) is 113 cm³/mol. The molecule has 0 fully saturated rings. The third kappa shape index (κ3) is 7.67. The molecule has 0 saturated carbocycles. The monoisotopic (exact) mass is 394 g/mol. The first-order valence-electron chi connectivity index (χ1n) is 9.86. The van der Waals surface area contributed by atoms with Crippen molar-refractivity contribution in [3.63, 3.8) is 0 Å². The summed E-state index contributed by atoms with van der Waals surface area (Å²) in [4.78, 5) is 1.23. The van der Waals surface area contributed by atoms with Crippen molar-refractivity contribution in [3.8, 4) is 0 Å². The van der Waals surface area contributed by atoms with Gasteiger partial charge in [0.2, 0.25) is 5.96 Å². The van der Waals surface area contributed by atoms with E-state index in [-0.39, 0.29) is 12.0 Å². The minimum Gasteiger partial charge on any atom is -0.353 e. The average molecular weight is 395 g/mol. The van der Waals surface area contributed by atoms with Gasteiger partial charge in [0, 0.05) is 22.2 Å². The van der Waals surface area contributed by atoms with E-state index in [4.69, 9.17) is 17.0 Å². The molecular weight excluding hydrogens is 364 g/mol. The van der Waals surface area contributed by atoms with Crippen LogP contribution >= 0.6 is 23.4 Å². The molecule has 1 heterocycles. The number of nitrogens with zero attached hydrogens (tertiary/aromatic N) is 2. The number of unbranched alkanes of at least 4 members (excludes halogenated alkanes) is 7. The van der Waals surface area contributed by atoms with Crippen molar-refractivity contribution < 1.29 is 0 Å². The molecule has 1 aliphatic heterocycles. The molecule has 4 nitrogen and oxygen atoms in total. The Morgan fingerprint density at radius 2 is 1.92 bits per heavy atom. The highest BCUT2D eigenvalue weighted by atomic mass is 35.5. The van der Waals surface area contributed by atoms with E-state index in [0.29, 0.717) is 0 Å². The van der Waals surface area contributed by atoms with Crippen LogP contribution in [0.5, 0.6) is 0 Å². The predicted octanol–water partition coefficient (Wildman–Crippen LogP) is 6.99. The topological polar surface area (TPSA) is 60.6 Å². The molecule has 1 aliphatic rings. The lowest BCUT2D eigenvalue weighted by molar-refractivity contribution is 0.572. The van der Waals surface area contributed by atoms with E-state index in [9.17, 15) is 0 Å². The summed E-state index contributed by atoms with van der Waals surface area (Å²) in [6.07, 6.45) is 11.3. The van der Waals surface area contributed by atoms with Gasteiger partial charge in [0.15, 0.2) is 0 Å². The van der Waals surface area contributed by atoms with Gasteiger partial charge < -0.3 is 5.32 Å². The second-order valence-corrected chi connectivity index (χ2v) is 8.37. The van der Waals surface area contributed by atoms with Crippen LogP contribution in [0.3, 0.4) is 0 Å². The number of halogens is 1. The smallest absolute Gasteiger partial charge is 0.234 e. The first-order chi connectivity index (χ1) is 12.7. The lowest BCUT2D eigenvalue weighted by Crippen LogP contribution is -2.21. The van der Waals surface area contributed by atoms with E-state index < -0.39 is 0 Å². The third-order valence-electron chi connectivity index (χ3n) is 4.60. The molecule has 26 heavy (non-hydrogen) atoms. The van der Waals surface area contributed by atoms with E-state index in [0.717, 1.165) is 35.7 Å². The number of hydrogen-bond donors (Lipinski definition) is 2. The standard InChI is InChI=1S/C20H31ClN4S/c1-2-3-4-5-6-7-8-9-13-23-20(22)25-24-18-12-14-26-19-11-10-16(21)15-17(18)19/h10-11,15,18H,2-9,12-14H2,1H3,(H2,22,23). The molecule has 0 aliphatic carbocycles. The van der Waals surface area contributed by atoms with Crippen molar-refractivity contribution >= 4 is 29.3 Å². The van der Waals surface area contributed by atoms with Gasteiger partial charge in [-0.2, -0.15) is 5.11 Å². The first-order valence-corrected chi connectivity index (χ1v) is 11.2. The lowest BCUT2D eigenvalue weighted by atomic mass is 10.1. The Kier molecular flexibility index (Phi) is 10.1. The van der Waals surface area contributed by atoms with Crippen LogP contribution in [0, 0.1) is 5.41 Å². The molecular formula is C20H31ClN4S. The number of rotatable bonds is 10. The first kappa shape index (κ1) is 21.2. The minimum atomic E-state index is 0.00946. The maximum absolute atomic E-state index is 7.92. The van der Waals surface area contributed by atoms with E-state index in [1.54, 1.807) is 0 Å². The molecule has 2 rings (SSSR count). The third-order valence-corrected chi connectivity index (χ3v) is 5.96. The maximum atomic E-state index is 7.92. The number of hydrogen-bond acceptors (Lipinski definition) is 3. The van der Waals surface area contributed by atoms with Crippen molar-refractivity contribution in [1.82, 2.24) is 5.32 Å². The number of fused-ring (bicyclic) bond motifs is 1. The number of azo groups is 1. The van der Waals surface area contributed by atoms with Crippen LogP contribution in [-0.4, -0.2) is 18.3 Å². The van der Waals surface area contributed by atoms with E-state index in [1.807, 2.05) is 23.9 Å².